The quantitative estimate of drug-likeness (QED) is 0.211. The molecule has 0 saturated heterocycles. The van der Waals surface area contributed by atoms with Gasteiger partial charge in [0.1, 0.15) is 5.75 Å². The average Bonchev–Trinajstić information content (AvgIpc) is 2.82. The zero-order chi connectivity index (χ0) is 26.8. The number of hydrogen-bond donors (Lipinski definition) is 1. The standard InChI is InChI=1S/C21H24O2.C10H16.C2H6/c1-4-6-18-9-10-19(16(3)22)14-20(18)8-5-7-17-11-12-21(23)13-15(17)2;1-5-7-10(6-2)8-9(3)4;1-2/h4,9-14,23H,1,5-8H2,2-3H3;5,7-8H,3,6H2,1-2,4H3;1-2H3/b;7-5-,10-8-;. The van der Waals surface area contributed by atoms with Crippen molar-refractivity contribution in [3.05, 3.63) is 113 Å². The number of benzene rings is 2. The molecular formula is C33H46O2. The third-order valence-corrected chi connectivity index (χ3v) is 5.42. The van der Waals surface area contributed by atoms with Crippen molar-refractivity contribution in [1.29, 1.82) is 0 Å². The van der Waals surface area contributed by atoms with Crippen LogP contribution in [0.4, 0.5) is 0 Å². The van der Waals surface area contributed by atoms with Crippen LogP contribution in [0.3, 0.4) is 0 Å². The van der Waals surface area contributed by atoms with Gasteiger partial charge in [0, 0.05) is 5.56 Å². The summed E-state index contributed by atoms with van der Waals surface area (Å²) >= 11 is 0. The summed E-state index contributed by atoms with van der Waals surface area (Å²) in [6, 6.07) is 11.5. The number of hydrogen-bond acceptors (Lipinski definition) is 2. The summed E-state index contributed by atoms with van der Waals surface area (Å²) in [6.45, 7) is 21.4. The Labute approximate surface area is 214 Å². The zero-order valence-corrected chi connectivity index (χ0v) is 23.1. The number of aryl methyl sites for hydroxylation is 3. The van der Waals surface area contributed by atoms with Gasteiger partial charge in [0.25, 0.3) is 0 Å². The molecule has 0 saturated carbocycles. The van der Waals surface area contributed by atoms with Gasteiger partial charge in [0.15, 0.2) is 5.78 Å². The highest BCUT2D eigenvalue weighted by molar-refractivity contribution is 5.94. The van der Waals surface area contributed by atoms with Crippen molar-refractivity contribution in [2.45, 2.75) is 80.6 Å². The Hall–Kier alpha value is -3.13. The van der Waals surface area contributed by atoms with E-state index < -0.39 is 0 Å². The smallest absolute Gasteiger partial charge is 0.159 e. The monoisotopic (exact) mass is 474 g/mol. The number of phenolic OH excluding ortho intramolecular Hbond substituents is 1. The van der Waals surface area contributed by atoms with Crippen molar-refractivity contribution < 1.29 is 9.90 Å². The lowest BCUT2D eigenvalue weighted by Gasteiger charge is -2.11. The molecule has 2 rings (SSSR count). The first-order chi connectivity index (χ1) is 16.7. The van der Waals surface area contributed by atoms with Crippen LogP contribution in [0.25, 0.3) is 0 Å². The minimum Gasteiger partial charge on any atom is -0.508 e. The third-order valence-electron chi connectivity index (χ3n) is 5.42. The molecule has 2 aromatic rings. The van der Waals surface area contributed by atoms with E-state index in [4.69, 9.17) is 0 Å². The van der Waals surface area contributed by atoms with Gasteiger partial charge in [-0.2, -0.15) is 0 Å². The molecule has 35 heavy (non-hydrogen) atoms. The van der Waals surface area contributed by atoms with E-state index in [9.17, 15) is 9.90 Å². The van der Waals surface area contributed by atoms with Gasteiger partial charge in [-0.3, -0.25) is 4.79 Å². The predicted octanol–water partition coefficient (Wildman–Crippen LogP) is 9.31. The molecule has 0 aliphatic heterocycles. The normalized spacial score (nSPS) is 10.7. The molecule has 2 aromatic carbocycles. The lowest BCUT2D eigenvalue weighted by atomic mass is 9.94. The summed E-state index contributed by atoms with van der Waals surface area (Å²) in [5.74, 6) is 0.416. The Morgan fingerprint density at radius 3 is 2.14 bits per heavy atom. The van der Waals surface area contributed by atoms with Crippen LogP contribution in [0.1, 0.15) is 87.0 Å². The molecule has 0 fully saturated rings. The molecule has 0 aliphatic carbocycles. The minimum absolute atomic E-state index is 0.103. The fourth-order valence-corrected chi connectivity index (χ4v) is 3.66. The van der Waals surface area contributed by atoms with Gasteiger partial charge in [-0.15, -0.1) is 6.58 Å². The first-order valence-corrected chi connectivity index (χ1v) is 12.7. The van der Waals surface area contributed by atoms with Gasteiger partial charge in [-0.05, 0) is 106 Å². The Balaban J connectivity index is 0.000000813. The van der Waals surface area contributed by atoms with Crippen molar-refractivity contribution in [1.82, 2.24) is 0 Å². The summed E-state index contributed by atoms with van der Waals surface area (Å²) in [6.07, 6.45) is 13.0. The highest BCUT2D eigenvalue weighted by Gasteiger charge is 2.07. The van der Waals surface area contributed by atoms with Crippen LogP contribution in [-0.2, 0) is 19.3 Å². The summed E-state index contributed by atoms with van der Waals surface area (Å²) in [4.78, 5) is 11.6. The summed E-state index contributed by atoms with van der Waals surface area (Å²) in [5.41, 5.74) is 8.09. The number of phenols is 1. The molecule has 0 unspecified atom stereocenters. The molecule has 190 valence electrons. The fraction of sp³-hybridized carbons (Fsp3) is 0.364. The molecule has 0 aromatic heterocycles. The second-order valence-electron chi connectivity index (χ2n) is 8.42. The molecule has 0 heterocycles. The van der Waals surface area contributed by atoms with Gasteiger partial charge in [0.05, 0.1) is 0 Å². The second-order valence-corrected chi connectivity index (χ2v) is 8.42. The second kappa shape index (κ2) is 18.2. The van der Waals surface area contributed by atoms with E-state index in [1.165, 1.54) is 22.3 Å². The van der Waals surface area contributed by atoms with Gasteiger partial charge in [-0.25, -0.2) is 0 Å². The third kappa shape index (κ3) is 12.8. The topological polar surface area (TPSA) is 37.3 Å². The largest absolute Gasteiger partial charge is 0.508 e. The maximum Gasteiger partial charge on any atom is 0.159 e. The van der Waals surface area contributed by atoms with E-state index in [2.05, 4.69) is 38.3 Å². The van der Waals surface area contributed by atoms with Crippen LogP contribution in [0, 0.1) is 6.92 Å². The number of allylic oxidation sites excluding steroid dienone is 6. The van der Waals surface area contributed by atoms with Crippen LogP contribution in [0.5, 0.6) is 5.75 Å². The fourth-order valence-electron chi connectivity index (χ4n) is 3.66. The molecule has 0 spiro atoms. The van der Waals surface area contributed by atoms with Crippen molar-refractivity contribution in [2.75, 3.05) is 0 Å². The molecular weight excluding hydrogens is 428 g/mol. The first kappa shape index (κ1) is 31.9. The number of ketones is 1. The number of rotatable bonds is 10. The molecule has 0 radical (unpaired) electrons. The minimum atomic E-state index is 0.103. The van der Waals surface area contributed by atoms with E-state index in [0.717, 1.165) is 48.8 Å². The average molecular weight is 475 g/mol. The Morgan fingerprint density at radius 1 is 1.00 bits per heavy atom. The van der Waals surface area contributed by atoms with E-state index in [1.807, 2.05) is 65.0 Å². The SMILES string of the molecule is C=C(C)/C=C(\C=C/C)CC.C=CCc1ccc(C(C)=O)cc1CCCc1ccc(O)cc1C.CC. The van der Waals surface area contributed by atoms with E-state index in [1.54, 1.807) is 19.1 Å². The van der Waals surface area contributed by atoms with Gasteiger partial charge < -0.3 is 5.11 Å². The summed E-state index contributed by atoms with van der Waals surface area (Å²) in [5, 5.41) is 9.48. The lowest BCUT2D eigenvalue weighted by Crippen LogP contribution is -2.00. The van der Waals surface area contributed by atoms with Crippen LogP contribution < -0.4 is 0 Å². The predicted molar refractivity (Wildman–Crippen MR) is 155 cm³/mol. The highest BCUT2D eigenvalue weighted by atomic mass is 16.3. The van der Waals surface area contributed by atoms with Crippen LogP contribution in [0.2, 0.25) is 0 Å². The zero-order valence-electron chi connectivity index (χ0n) is 23.1. The number of aromatic hydroxyl groups is 1. The first-order valence-electron chi connectivity index (χ1n) is 12.7. The Bertz CT molecular complexity index is 1010. The molecule has 1 N–H and O–H groups in total. The van der Waals surface area contributed by atoms with Crippen LogP contribution in [-0.4, -0.2) is 10.9 Å². The highest BCUT2D eigenvalue weighted by Crippen LogP contribution is 2.20. The van der Waals surface area contributed by atoms with Crippen LogP contribution >= 0.6 is 0 Å². The van der Waals surface area contributed by atoms with E-state index in [0.29, 0.717) is 5.75 Å². The van der Waals surface area contributed by atoms with E-state index >= 15 is 0 Å². The van der Waals surface area contributed by atoms with Gasteiger partial charge in [0.2, 0.25) is 0 Å². The molecule has 2 heteroatoms. The molecule has 0 aliphatic rings. The van der Waals surface area contributed by atoms with E-state index in [-0.39, 0.29) is 5.78 Å². The van der Waals surface area contributed by atoms with Crippen LogP contribution in [0.15, 0.2) is 85.0 Å². The number of Topliss-reactive ketones (excluding diaryl/α,β-unsaturated/α-hetero) is 1. The molecule has 2 nitrogen and oxygen atoms in total. The molecule has 0 atom stereocenters. The molecule has 0 bridgehead atoms. The maximum atomic E-state index is 11.6. The number of carbonyl (C=O) groups excluding carboxylic acids is 1. The van der Waals surface area contributed by atoms with Crippen molar-refractivity contribution in [3.63, 3.8) is 0 Å². The summed E-state index contributed by atoms with van der Waals surface area (Å²) in [7, 11) is 0. The summed E-state index contributed by atoms with van der Waals surface area (Å²) < 4.78 is 0. The lowest BCUT2D eigenvalue weighted by molar-refractivity contribution is 0.101. The van der Waals surface area contributed by atoms with Gasteiger partial charge >= 0.3 is 0 Å². The Morgan fingerprint density at radius 2 is 1.63 bits per heavy atom. The maximum absolute atomic E-state index is 11.6. The van der Waals surface area contributed by atoms with Crippen molar-refractivity contribution in [3.8, 4) is 5.75 Å². The number of carbonyl (C=O) groups is 1. The van der Waals surface area contributed by atoms with Crippen molar-refractivity contribution >= 4 is 5.78 Å². The molecule has 0 amide bonds. The van der Waals surface area contributed by atoms with Crippen molar-refractivity contribution in [2.24, 2.45) is 0 Å². The van der Waals surface area contributed by atoms with Gasteiger partial charge in [-0.1, -0.05) is 75.4 Å². The Kier molecular flexibility index (Phi) is 16.6.